The average Bonchev–Trinajstić information content (AvgIpc) is 3.30. The number of hydrogen-bond acceptors (Lipinski definition) is 5. The molecule has 0 radical (unpaired) electrons. The van der Waals surface area contributed by atoms with Gasteiger partial charge >= 0.3 is 0 Å². The van der Waals surface area contributed by atoms with Gasteiger partial charge < -0.3 is 14.6 Å². The number of hydrogen-bond donors (Lipinski definition) is 1. The van der Waals surface area contributed by atoms with Gasteiger partial charge in [-0.25, -0.2) is 0 Å². The average molecular weight is 409 g/mol. The molecule has 1 aliphatic carbocycles. The minimum Gasteiger partial charge on any atom is -0.371 e. The lowest BCUT2D eigenvalue weighted by atomic mass is 9.76. The maximum Gasteiger partial charge on any atom is 0.255 e. The van der Waals surface area contributed by atoms with E-state index >= 15 is 0 Å². The smallest absolute Gasteiger partial charge is 0.255 e. The van der Waals surface area contributed by atoms with E-state index < -0.39 is 6.04 Å². The molecule has 2 saturated heterocycles. The number of benzene rings is 1. The lowest BCUT2D eigenvalue weighted by molar-refractivity contribution is -0.136. The van der Waals surface area contributed by atoms with Crippen molar-refractivity contribution in [1.82, 2.24) is 10.2 Å². The summed E-state index contributed by atoms with van der Waals surface area (Å²) in [5.41, 5.74) is 2.97. The van der Waals surface area contributed by atoms with E-state index in [0.717, 1.165) is 62.7 Å². The van der Waals surface area contributed by atoms with Crippen LogP contribution in [-0.2, 0) is 20.9 Å². The number of amides is 3. The maximum atomic E-state index is 13.0. The van der Waals surface area contributed by atoms with Crippen molar-refractivity contribution < 1.29 is 19.2 Å². The van der Waals surface area contributed by atoms with Crippen LogP contribution in [0.4, 0.5) is 5.69 Å². The van der Waals surface area contributed by atoms with Crippen LogP contribution in [0.3, 0.4) is 0 Å². The third-order valence-electron chi connectivity index (χ3n) is 7.63. The molecule has 0 aromatic heterocycles. The Bertz CT molecular complexity index is 919. The van der Waals surface area contributed by atoms with E-state index in [1.165, 1.54) is 0 Å². The molecule has 3 amide bonds. The van der Waals surface area contributed by atoms with E-state index in [0.29, 0.717) is 23.9 Å². The van der Waals surface area contributed by atoms with Crippen LogP contribution in [0.5, 0.6) is 0 Å². The van der Waals surface area contributed by atoms with Gasteiger partial charge in [-0.3, -0.25) is 19.7 Å². The minimum atomic E-state index is -0.575. The lowest BCUT2D eigenvalue weighted by Crippen LogP contribution is -2.52. The molecule has 2 atom stereocenters. The third kappa shape index (κ3) is 3.20. The Hall–Kier alpha value is -2.70. The number of nitrogens with one attached hydrogen (secondary N) is 1. The Morgan fingerprint density at radius 3 is 2.57 bits per heavy atom. The van der Waals surface area contributed by atoms with E-state index in [4.69, 9.17) is 0 Å². The van der Waals surface area contributed by atoms with E-state index in [1.807, 2.05) is 12.1 Å². The lowest BCUT2D eigenvalue weighted by Gasteiger charge is -2.40. The summed E-state index contributed by atoms with van der Waals surface area (Å²) in [5, 5.41) is 2.35. The molecule has 5 rings (SSSR count). The molecule has 0 bridgehead atoms. The van der Waals surface area contributed by atoms with Crippen LogP contribution >= 0.6 is 0 Å². The summed E-state index contributed by atoms with van der Waals surface area (Å²) >= 11 is 0. The first kappa shape index (κ1) is 19.3. The Balaban J connectivity index is 1.28. The predicted octanol–water partition coefficient (Wildman–Crippen LogP) is 2.03. The first-order valence-electron chi connectivity index (χ1n) is 11.0. The van der Waals surface area contributed by atoms with Gasteiger partial charge in [0.2, 0.25) is 11.8 Å². The number of imide groups is 1. The van der Waals surface area contributed by atoms with Gasteiger partial charge in [0.05, 0.1) is 0 Å². The van der Waals surface area contributed by atoms with Crippen LogP contribution in [0.2, 0.25) is 0 Å². The number of nitrogens with zero attached hydrogens (tertiary/aromatic N) is 2. The zero-order chi connectivity index (χ0) is 20.9. The topological polar surface area (TPSA) is 86.8 Å². The monoisotopic (exact) mass is 409 g/mol. The normalized spacial score (nSPS) is 28.1. The highest BCUT2D eigenvalue weighted by atomic mass is 16.2. The molecule has 4 aliphatic rings. The second kappa shape index (κ2) is 7.22. The van der Waals surface area contributed by atoms with Gasteiger partial charge in [0.1, 0.15) is 12.3 Å². The molecule has 1 aromatic carbocycles. The largest absolute Gasteiger partial charge is 0.371 e. The molecule has 7 heteroatoms. The number of aldehydes is 1. The van der Waals surface area contributed by atoms with Crippen LogP contribution < -0.4 is 10.2 Å². The van der Waals surface area contributed by atoms with Gasteiger partial charge in [0.15, 0.2) is 0 Å². The summed E-state index contributed by atoms with van der Waals surface area (Å²) in [6.07, 6.45) is 7.14. The molecular formula is C23H27N3O4. The Labute approximate surface area is 175 Å². The first-order chi connectivity index (χ1) is 14.5. The molecule has 3 fully saturated rings. The number of carbonyl (C=O) groups excluding carboxylic acids is 4. The summed E-state index contributed by atoms with van der Waals surface area (Å²) < 4.78 is 0. The van der Waals surface area contributed by atoms with Crippen LogP contribution in [0.1, 0.15) is 60.9 Å². The van der Waals surface area contributed by atoms with Crippen molar-refractivity contribution in [2.75, 3.05) is 18.0 Å². The van der Waals surface area contributed by atoms with E-state index in [9.17, 15) is 19.2 Å². The molecule has 1 spiro atoms. The Morgan fingerprint density at radius 1 is 1.07 bits per heavy atom. The van der Waals surface area contributed by atoms with Crippen LogP contribution in [0.25, 0.3) is 0 Å². The Morgan fingerprint density at radius 2 is 1.87 bits per heavy atom. The number of fused-ring (bicyclic) bond motifs is 1. The predicted molar refractivity (Wildman–Crippen MR) is 110 cm³/mol. The second-order valence-electron chi connectivity index (χ2n) is 9.37. The zero-order valence-electron chi connectivity index (χ0n) is 17.1. The Kier molecular flexibility index (Phi) is 4.64. The highest BCUT2D eigenvalue weighted by molar-refractivity contribution is 6.05. The standard InChI is InChI=1S/C23H27N3O4/c27-14-15-5-6-23(12-15)7-9-25(10-8-23)17-2-1-16-13-26(22(30)18(16)11-17)19-3-4-20(28)24-21(19)29/h1-2,11,14-15,19H,3-10,12-13H2,(H,24,28,29). The minimum absolute atomic E-state index is 0.126. The molecule has 1 N–H and O–H groups in total. The number of anilines is 1. The van der Waals surface area contributed by atoms with E-state index in [1.54, 1.807) is 4.90 Å². The molecule has 2 unspecified atom stereocenters. The molecule has 30 heavy (non-hydrogen) atoms. The number of carbonyl (C=O) groups is 4. The van der Waals surface area contributed by atoms with Gasteiger partial charge in [-0.1, -0.05) is 6.07 Å². The first-order valence-corrected chi connectivity index (χ1v) is 11.0. The summed E-state index contributed by atoms with van der Waals surface area (Å²) in [6.45, 7) is 2.29. The van der Waals surface area contributed by atoms with Crippen molar-refractivity contribution >= 4 is 29.7 Å². The number of piperidine rings is 2. The maximum absolute atomic E-state index is 13.0. The second-order valence-corrected chi connectivity index (χ2v) is 9.37. The van der Waals surface area contributed by atoms with Crippen LogP contribution in [-0.4, -0.2) is 48.0 Å². The van der Waals surface area contributed by atoms with Gasteiger partial charge in [0, 0.05) is 43.2 Å². The third-order valence-corrected chi connectivity index (χ3v) is 7.63. The van der Waals surface area contributed by atoms with Gasteiger partial charge in [0.25, 0.3) is 5.91 Å². The fourth-order valence-electron chi connectivity index (χ4n) is 5.80. The zero-order valence-corrected chi connectivity index (χ0v) is 17.1. The van der Waals surface area contributed by atoms with E-state index in [2.05, 4.69) is 16.3 Å². The van der Waals surface area contributed by atoms with Crippen LogP contribution in [0.15, 0.2) is 18.2 Å². The molecule has 158 valence electrons. The van der Waals surface area contributed by atoms with Crippen molar-refractivity contribution in [3.8, 4) is 0 Å². The molecule has 1 saturated carbocycles. The van der Waals surface area contributed by atoms with Gasteiger partial charge in [-0.05, 0) is 61.6 Å². The van der Waals surface area contributed by atoms with Gasteiger partial charge in [-0.15, -0.1) is 0 Å². The molecule has 3 heterocycles. The SMILES string of the molecule is O=CC1CCC2(CCN(c3ccc4c(c3)C(=O)N(C3CCC(=O)NC3=O)C4)CC2)C1. The highest BCUT2D eigenvalue weighted by Gasteiger charge is 2.42. The molecule has 3 aliphatic heterocycles. The molecular weight excluding hydrogens is 382 g/mol. The molecule has 7 nitrogen and oxygen atoms in total. The quantitative estimate of drug-likeness (QED) is 0.610. The summed E-state index contributed by atoms with van der Waals surface area (Å²) in [5.74, 6) is -0.543. The van der Waals surface area contributed by atoms with E-state index in [-0.39, 0.29) is 30.1 Å². The van der Waals surface area contributed by atoms with Crippen molar-refractivity contribution in [3.05, 3.63) is 29.3 Å². The summed E-state index contributed by atoms with van der Waals surface area (Å²) in [6, 6.07) is 5.45. The number of rotatable bonds is 3. The summed E-state index contributed by atoms with van der Waals surface area (Å²) in [7, 11) is 0. The fourth-order valence-corrected chi connectivity index (χ4v) is 5.80. The van der Waals surface area contributed by atoms with Crippen molar-refractivity contribution in [3.63, 3.8) is 0 Å². The highest BCUT2D eigenvalue weighted by Crippen LogP contribution is 2.48. The van der Waals surface area contributed by atoms with Crippen molar-refractivity contribution in [2.24, 2.45) is 11.3 Å². The van der Waals surface area contributed by atoms with Crippen LogP contribution in [0, 0.1) is 11.3 Å². The van der Waals surface area contributed by atoms with Gasteiger partial charge in [-0.2, -0.15) is 0 Å². The van der Waals surface area contributed by atoms with Crippen molar-refractivity contribution in [2.45, 2.75) is 57.5 Å². The van der Waals surface area contributed by atoms with Crippen molar-refractivity contribution in [1.29, 1.82) is 0 Å². The fraction of sp³-hybridized carbons (Fsp3) is 0.565. The molecule has 1 aromatic rings. The summed E-state index contributed by atoms with van der Waals surface area (Å²) in [4.78, 5) is 51.8.